The number of halogens is 3. The van der Waals surface area contributed by atoms with E-state index in [4.69, 9.17) is 9.47 Å². The third kappa shape index (κ3) is 5.71. The van der Waals surface area contributed by atoms with E-state index < -0.39 is 35.9 Å². The number of carbonyl (C=O) groups excluding carboxylic acids is 1. The molecule has 1 saturated heterocycles. The number of ether oxygens (including phenoxy) is 2. The van der Waals surface area contributed by atoms with Gasteiger partial charge in [-0.3, -0.25) is 9.69 Å². The van der Waals surface area contributed by atoms with E-state index in [0.29, 0.717) is 29.0 Å². The first-order valence-corrected chi connectivity index (χ1v) is 11.8. The van der Waals surface area contributed by atoms with Crippen LogP contribution in [0.5, 0.6) is 5.75 Å². The lowest BCUT2D eigenvalue weighted by Crippen LogP contribution is -2.31. The minimum absolute atomic E-state index is 0.142. The highest BCUT2D eigenvalue weighted by Crippen LogP contribution is 2.40. The summed E-state index contributed by atoms with van der Waals surface area (Å²) in [5, 5.41) is 9.23. The van der Waals surface area contributed by atoms with Crippen LogP contribution in [-0.2, 0) is 28.7 Å². The minimum atomic E-state index is -4.59. The van der Waals surface area contributed by atoms with Gasteiger partial charge < -0.3 is 14.6 Å². The molecule has 3 aromatic carbocycles. The zero-order valence-electron chi connectivity index (χ0n) is 20.3. The maximum atomic E-state index is 13.7. The maximum absolute atomic E-state index is 13.7. The summed E-state index contributed by atoms with van der Waals surface area (Å²) in [7, 11) is 0. The summed E-state index contributed by atoms with van der Waals surface area (Å²) in [6.45, 7) is 3.72. The Labute approximate surface area is 212 Å². The lowest BCUT2D eigenvalue weighted by molar-refractivity contribution is -0.138. The monoisotopic (exact) mass is 513 g/mol. The van der Waals surface area contributed by atoms with Crippen LogP contribution in [0.4, 0.5) is 18.0 Å². The number of hydrogen-bond acceptors (Lipinski definition) is 4. The Morgan fingerprint density at radius 2 is 1.78 bits per heavy atom. The van der Waals surface area contributed by atoms with Crippen molar-refractivity contribution in [1.82, 2.24) is 4.90 Å². The number of nitrogens with zero attached hydrogens (tertiary/aromatic N) is 1. The predicted octanol–water partition coefficient (Wildman–Crippen LogP) is 6.48. The molecule has 2 atom stereocenters. The van der Waals surface area contributed by atoms with Crippen LogP contribution >= 0.6 is 0 Å². The van der Waals surface area contributed by atoms with Gasteiger partial charge in [0.05, 0.1) is 31.2 Å². The molecule has 3 aromatic rings. The molecular formula is C28H26F3NO5. The summed E-state index contributed by atoms with van der Waals surface area (Å²) >= 11 is 0. The van der Waals surface area contributed by atoms with Gasteiger partial charge in [0.1, 0.15) is 11.9 Å². The van der Waals surface area contributed by atoms with Crippen LogP contribution in [0.15, 0.2) is 66.7 Å². The number of carbonyl (C=O) groups is 2. The first-order valence-electron chi connectivity index (χ1n) is 11.8. The second kappa shape index (κ2) is 10.5. The fraction of sp³-hybridized carbons (Fsp3) is 0.286. The highest BCUT2D eigenvalue weighted by Gasteiger charge is 2.40. The molecule has 1 amide bonds. The van der Waals surface area contributed by atoms with E-state index in [1.54, 1.807) is 32.0 Å². The molecule has 1 aliphatic heterocycles. The lowest BCUT2D eigenvalue weighted by atomic mass is 9.93. The third-order valence-corrected chi connectivity index (χ3v) is 6.28. The molecule has 4 rings (SSSR count). The Morgan fingerprint density at radius 1 is 1.05 bits per heavy atom. The quantitative estimate of drug-likeness (QED) is 0.373. The van der Waals surface area contributed by atoms with Crippen molar-refractivity contribution in [3.8, 4) is 16.9 Å². The number of rotatable bonds is 8. The fourth-order valence-corrected chi connectivity index (χ4v) is 4.50. The largest absolute Gasteiger partial charge is 0.493 e. The van der Waals surface area contributed by atoms with E-state index in [2.05, 4.69) is 0 Å². The van der Waals surface area contributed by atoms with Crippen molar-refractivity contribution in [2.75, 3.05) is 6.61 Å². The fourth-order valence-electron chi connectivity index (χ4n) is 4.50. The van der Waals surface area contributed by atoms with Gasteiger partial charge in [-0.15, -0.1) is 0 Å². The second-order valence-corrected chi connectivity index (χ2v) is 8.79. The topological polar surface area (TPSA) is 76.1 Å². The molecule has 2 unspecified atom stereocenters. The van der Waals surface area contributed by atoms with E-state index in [9.17, 15) is 27.9 Å². The van der Waals surface area contributed by atoms with Gasteiger partial charge in [0.25, 0.3) is 0 Å². The van der Waals surface area contributed by atoms with Gasteiger partial charge in [0, 0.05) is 5.56 Å². The number of benzene rings is 3. The van der Waals surface area contributed by atoms with Crippen molar-refractivity contribution in [2.45, 2.75) is 45.1 Å². The third-order valence-electron chi connectivity index (χ3n) is 6.28. The molecule has 0 spiro atoms. The summed E-state index contributed by atoms with van der Waals surface area (Å²) in [4.78, 5) is 25.5. The predicted molar refractivity (Wildman–Crippen MR) is 130 cm³/mol. The Bertz CT molecular complexity index is 1290. The molecule has 0 aromatic heterocycles. The van der Waals surface area contributed by atoms with Crippen molar-refractivity contribution in [3.63, 3.8) is 0 Å². The first-order chi connectivity index (χ1) is 17.6. The van der Waals surface area contributed by atoms with E-state index in [1.807, 2.05) is 30.3 Å². The Kier molecular flexibility index (Phi) is 7.42. The molecule has 1 heterocycles. The van der Waals surface area contributed by atoms with E-state index in [1.165, 1.54) is 11.0 Å². The molecule has 37 heavy (non-hydrogen) atoms. The average Bonchev–Trinajstić information content (AvgIpc) is 3.13. The smallest absolute Gasteiger partial charge is 0.416 e. The van der Waals surface area contributed by atoms with Crippen LogP contribution in [0, 0.1) is 0 Å². The van der Waals surface area contributed by atoms with Crippen LogP contribution in [-0.4, -0.2) is 34.7 Å². The van der Waals surface area contributed by atoms with Gasteiger partial charge in [0.15, 0.2) is 0 Å². The zero-order chi connectivity index (χ0) is 26.7. The van der Waals surface area contributed by atoms with E-state index >= 15 is 0 Å². The van der Waals surface area contributed by atoms with Gasteiger partial charge in [-0.1, -0.05) is 42.5 Å². The highest BCUT2D eigenvalue weighted by molar-refractivity contribution is 5.78. The molecule has 1 N–H and O–H groups in total. The van der Waals surface area contributed by atoms with Crippen molar-refractivity contribution >= 4 is 12.1 Å². The molecular weight excluding hydrogens is 487 g/mol. The van der Waals surface area contributed by atoms with Crippen molar-refractivity contribution in [2.24, 2.45) is 0 Å². The molecule has 194 valence electrons. The summed E-state index contributed by atoms with van der Waals surface area (Å²) < 4.78 is 52.3. The van der Waals surface area contributed by atoms with E-state index in [-0.39, 0.29) is 18.5 Å². The number of cyclic esters (lactones) is 1. The average molecular weight is 514 g/mol. The first kappa shape index (κ1) is 26.1. The Morgan fingerprint density at radius 3 is 2.43 bits per heavy atom. The number of hydrogen-bond donors (Lipinski definition) is 1. The second-order valence-electron chi connectivity index (χ2n) is 8.79. The van der Waals surface area contributed by atoms with Crippen molar-refractivity contribution in [1.29, 1.82) is 0 Å². The molecule has 0 radical (unpaired) electrons. The molecule has 0 aliphatic carbocycles. The van der Waals surface area contributed by atoms with Gasteiger partial charge in [0.2, 0.25) is 0 Å². The lowest BCUT2D eigenvalue weighted by Gasteiger charge is -2.24. The van der Waals surface area contributed by atoms with Gasteiger partial charge in [-0.05, 0) is 60.4 Å². The number of aliphatic carboxylic acids is 1. The van der Waals surface area contributed by atoms with Crippen molar-refractivity contribution in [3.05, 3.63) is 89.0 Å². The van der Waals surface area contributed by atoms with Crippen LogP contribution < -0.4 is 4.74 Å². The molecule has 9 heteroatoms. The van der Waals surface area contributed by atoms with Gasteiger partial charge in [-0.25, -0.2) is 4.79 Å². The number of carboxylic acids is 1. The molecule has 1 aliphatic rings. The zero-order valence-corrected chi connectivity index (χ0v) is 20.3. The van der Waals surface area contributed by atoms with Crippen LogP contribution in [0.1, 0.15) is 42.2 Å². The normalized spacial score (nSPS) is 17.5. The maximum Gasteiger partial charge on any atom is 0.416 e. The van der Waals surface area contributed by atoms with Crippen LogP contribution in [0.2, 0.25) is 0 Å². The molecule has 6 nitrogen and oxygen atoms in total. The van der Waals surface area contributed by atoms with Crippen molar-refractivity contribution < 1.29 is 37.3 Å². The summed E-state index contributed by atoms with van der Waals surface area (Å²) in [5.41, 5.74) is 1.49. The summed E-state index contributed by atoms with van der Waals surface area (Å²) in [6, 6.07) is 16.8. The SMILES string of the molecule is CCOc1ccc(CC(=O)O)cc1-c1ccc(C(F)(F)F)cc1CN1C(=O)OC(c2ccccc2)C1C. The standard InChI is InChI=1S/C28H26F3NO5/c1-3-36-24-12-9-18(14-25(33)34)13-23(24)22-11-10-21(28(29,30)31)15-20(22)16-32-17(2)26(37-27(32)35)19-7-5-4-6-8-19/h4-13,15,17,26H,3,14,16H2,1-2H3,(H,33,34). The highest BCUT2D eigenvalue weighted by atomic mass is 19.4. The van der Waals surface area contributed by atoms with Crippen LogP contribution in [0.3, 0.4) is 0 Å². The number of amides is 1. The molecule has 0 saturated carbocycles. The number of carboxylic acid groups (broad SMARTS) is 1. The minimum Gasteiger partial charge on any atom is -0.493 e. The van der Waals surface area contributed by atoms with Gasteiger partial charge >= 0.3 is 18.2 Å². The van der Waals surface area contributed by atoms with E-state index in [0.717, 1.165) is 17.7 Å². The Hall–Kier alpha value is -4.01. The summed E-state index contributed by atoms with van der Waals surface area (Å²) in [5.74, 6) is -0.639. The van der Waals surface area contributed by atoms with Crippen LogP contribution in [0.25, 0.3) is 11.1 Å². The summed E-state index contributed by atoms with van der Waals surface area (Å²) in [6.07, 6.45) is -6.05. The number of alkyl halides is 3. The molecule has 0 bridgehead atoms. The Balaban J connectivity index is 1.79. The molecule has 1 fully saturated rings. The van der Waals surface area contributed by atoms with Gasteiger partial charge in [-0.2, -0.15) is 13.2 Å².